The number of carbonyl (C=O) groups is 2. The highest BCUT2D eigenvalue weighted by molar-refractivity contribution is 6.30. The standard InChI is InChI=1S/C28H37ClFN5O5.2C2H6/c1-8-38-13-16-11-35-17(12-34(16)26(37)40-27(4,5)6)15(3)39-25-19-18(20(30)22(29)32-25)14(2)21(31-23(19)35)24(36)33-28(7)9-10-28;2*1-2/h15-17H,8-13H2,1-7H3,(H,33,36);2*1-2H3/t15-,16?,17-;;/m0../s1. The average molecular weight is 638 g/mol. The molecule has 1 saturated carbocycles. The first kappa shape index (κ1) is 35.6. The lowest BCUT2D eigenvalue weighted by molar-refractivity contribution is -0.0102. The molecule has 44 heavy (non-hydrogen) atoms. The molecule has 4 heterocycles. The first-order valence-corrected chi connectivity index (χ1v) is 16.1. The van der Waals surface area contributed by atoms with Gasteiger partial charge in [0.1, 0.15) is 23.2 Å². The minimum Gasteiger partial charge on any atom is -0.472 e. The lowest BCUT2D eigenvalue weighted by Gasteiger charge is -2.47. The lowest BCUT2D eigenvalue weighted by Crippen LogP contribution is -2.65. The number of fused-ring (bicyclic) bond motifs is 2. The molecule has 12 heteroatoms. The van der Waals surface area contributed by atoms with Crippen LogP contribution in [0.4, 0.5) is 15.0 Å². The van der Waals surface area contributed by atoms with Crippen molar-refractivity contribution in [2.45, 2.75) is 118 Å². The molecule has 10 nitrogen and oxygen atoms in total. The van der Waals surface area contributed by atoms with E-state index in [9.17, 15) is 9.59 Å². The van der Waals surface area contributed by atoms with Gasteiger partial charge in [0.15, 0.2) is 11.0 Å². The van der Waals surface area contributed by atoms with Gasteiger partial charge in [-0.15, -0.1) is 0 Å². The summed E-state index contributed by atoms with van der Waals surface area (Å²) in [5.74, 6) is -0.608. The molecule has 2 fully saturated rings. The van der Waals surface area contributed by atoms with E-state index in [0.29, 0.717) is 29.9 Å². The van der Waals surface area contributed by atoms with Crippen LogP contribution in [0.25, 0.3) is 10.8 Å². The first-order chi connectivity index (χ1) is 20.7. The smallest absolute Gasteiger partial charge is 0.410 e. The van der Waals surface area contributed by atoms with Crippen LogP contribution < -0.4 is 15.0 Å². The number of nitrogens with one attached hydrogen (secondary N) is 1. The third kappa shape index (κ3) is 7.30. The van der Waals surface area contributed by atoms with Crippen LogP contribution in [0.2, 0.25) is 5.15 Å². The van der Waals surface area contributed by atoms with Crippen molar-refractivity contribution in [1.82, 2.24) is 20.2 Å². The summed E-state index contributed by atoms with van der Waals surface area (Å²) in [5.41, 5.74) is -0.506. The second-order valence-electron chi connectivity index (χ2n) is 12.2. The molecule has 1 saturated heterocycles. The molecular formula is C32H49ClFN5O5. The highest BCUT2D eigenvalue weighted by atomic mass is 35.5. The van der Waals surface area contributed by atoms with E-state index in [2.05, 4.69) is 10.3 Å². The van der Waals surface area contributed by atoms with E-state index in [1.54, 1.807) is 11.8 Å². The van der Waals surface area contributed by atoms with E-state index >= 15 is 4.39 Å². The molecule has 0 aromatic carbocycles. The molecule has 3 aliphatic rings. The predicted molar refractivity (Wildman–Crippen MR) is 171 cm³/mol. The Balaban J connectivity index is 0.00000127. The second kappa shape index (κ2) is 14.0. The summed E-state index contributed by atoms with van der Waals surface area (Å²) in [6, 6.07) is -0.803. The van der Waals surface area contributed by atoms with E-state index in [1.165, 1.54) is 0 Å². The maximum atomic E-state index is 15.7. The zero-order valence-electron chi connectivity index (χ0n) is 28.1. The molecular weight excluding hydrogens is 589 g/mol. The van der Waals surface area contributed by atoms with Gasteiger partial charge >= 0.3 is 6.09 Å². The van der Waals surface area contributed by atoms with E-state index in [1.807, 2.05) is 74.1 Å². The Bertz CT molecular complexity index is 1360. The van der Waals surface area contributed by atoms with Gasteiger partial charge in [0.2, 0.25) is 5.88 Å². The molecule has 1 aliphatic carbocycles. The van der Waals surface area contributed by atoms with E-state index in [0.717, 1.165) is 12.8 Å². The van der Waals surface area contributed by atoms with Crippen LogP contribution in [0, 0.1) is 12.7 Å². The molecule has 2 amide bonds. The number of rotatable bonds is 5. The number of hydrogen-bond donors (Lipinski definition) is 1. The Morgan fingerprint density at radius 3 is 2.34 bits per heavy atom. The molecule has 0 spiro atoms. The summed E-state index contributed by atoms with van der Waals surface area (Å²) >= 11 is 6.24. The Kier molecular flexibility index (Phi) is 11.3. The van der Waals surface area contributed by atoms with Crippen LogP contribution in [-0.4, -0.2) is 82.5 Å². The van der Waals surface area contributed by atoms with Gasteiger partial charge in [-0.25, -0.2) is 14.2 Å². The molecule has 5 rings (SSSR count). The minimum absolute atomic E-state index is 0.118. The van der Waals surface area contributed by atoms with Crippen molar-refractivity contribution >= 4 is 40.2 Å². The number of ether oxygens (including phenoxy) is 3. The number of carbonyl (C=O) groups excluding carboxylic acids is 2. The summed E-state index contributed by atoms with van der Waals surface area (Å²) in [4.78, 5) is 39.5. The summed E-state index contributed by atoms with van der Waals surface area (Å²) in [6.07, 6.45) is 0.780. The number of amides is 2. The normalized spacial score (nSPS) is 21.4. The first-order valence-electron chi connectivity index (χ1n) is 15.8. The number of piperazine rings is 1. The third-order valence-corrected chi connectivity index (χ3v) is 8.00. The van der Waals surface area contributed by atoms with Crippen LogP contribution in [0.3, 0.4) is 0 Å². The number of anilines is 1. The highest BCUT2D eigenvalue weighted by Crippen LogP contribution is 2.44. The Morgan fingerprint density at radius 1 is 1.14 bits per heavy atom. The van der Waals surface area contributed by atoms with Gasteiger partial charge in [-0.2, -0.15) is 4.98 Å². The van der Waals surface area contributed by atoms with Crippen molar-refractivity contribution in [3.63, 3.8) is 0 Å². The van der Waals surface area contributed by atoms with Crippen molar-refractivity contribution < 1.29 is 28.2 Å². The molecule has 1 unspecified atom stereocenters. The summed E-state index contributed by atoms with van der Waals surface area (Å²) in [5, 5.41) is 3.19. The number of nitrogens with zero attached hydrogens (tertiary/aromatic N) is 4. The van der Waals surface area contributed by atoms with Gasteiger partial charge in [0.25, 0.3) is 5.91 Å². The van der Waals surface area contributed by atoms with Gasteiger partial charge in [0.05, 0.1) is 24.1 Å². The molecule has 0 bridgehead atoms. The number of hydrogen-bond acceptors (Lipinski definition) is 8. The summed E-state index contributed by atoms with van der Waals surface area (Å²) in [6.45, 7) is 22.1. The molecule has 0 radical (unpaired) electrons. The van der Waals surface area contributed by atoms with Gasteiger partial charge in [-0.1, -0.05) is 39.3 Å². The fraction of sp³-hybridized carbons (Fsp3) is 0.688. The Labute approximate surface area is 266 Å². The Hall–Kier alpha value is -2.92. The maximum Gasteiger partial charge on any atom is 0.410 e. The molecule has 3 atom stereocenters. The van der Waals surface area contributed by atoms with Crippen LogP contribution >= 0.6 is 11.6 Å². The van der Waals surface area contributed by atoms with Gasteiger partial charge in [-0.05, 0) is 66.9 Å². The number of pyridine rings is 2. The molecule has 2 aromatic rings. The zero-order valence-corrected chi connectivity index (χ0v) is 28.8. The predicted octanol–water partition coefficient (Wildman–Crippen LogP) is 6.68. The number of aryl methyl sites for hydroxylation is 1. The van der Waals surface area contributed by atoms with Crippen LogP contribution in [0.1, 0.15) is 98.1 Å². The van der Waals surface area contributed by atoms with Gasteiger partial charge in [-0.3, -0.25) is 9.69 Å². The molecule has 2 aromatic heterocycles. The minimum atomic E-state index is -0.735. The maximum absolute atomic E-state index is 15.7. The highest BCUT2D eigenvalue weighted by Gasteiger charge is 2.45. The average Bonchev–Trinajstić information content (AvgIpc) is 3.72. The number of aromatic nitrogens is 2. The van der Waals surface area contributed by atoms with Gasteiger partial charge in [0, 0.05) is 30.6 Å². The van der Waals surface area contributed by atoms with Crippen molar-refractivity contribution in [3.05, 3.63) is 22.2 Å². The molecule has 246 valence electrons. The Morgan fingerprint density at radius 2 is 1.77 bits per heavy atom. The van der Waals surface area contributed by atoms with Crippen molar-refractivity contribution in [2.24, 2.45) is 0 Å². The van der Waals surface area contributed by atoms with E-state index in [-0.39, 0.29) is 46.7 Å². The largest absolute Gasteiger partial charge is 0.472 e. The molecule has 1 N–H and O–H groups in total. The van der Waals surface area contributed by atoms with E-state index < -0.39 is 35.7 Å². The van der Waals surface area contributed by atoms with Gasteiger partial charge < -0.3 is 24.4 Å². The monoisotopic (exact) mass is 637 g/mol. The summed E-state index contributed by atoms with van der Waals surface area (Å²) < 4.78 is 33.4. The lowest BCUT2D eigenvalue weighted by atomic mass is 10.0. The topological polar surface area (TPSA) is 106 Å². The quantitative estimate of drug-likeness (QED) is 0.362. The molecule has 2 aliphatic heterocycles. The SMILES string of the molecule is CC.CC.CCOCC1CN2c3nc(C(=O)NC4(C)CC4)c(C)c4c(F)c(Cl)nc(c34)O[C@@H](C)[C@@H]2CN1C(=O)OC(C)(C)C. The van der Waals surface area contributed by atoms with Crippen LogP contribution in [-0.2, 0) is 9.47 Å². The fourth-order valence-electron chi connectivity index (χ4n) is 5.35. The third-order valence-electron chi connectivity index (χ3n) is 7.75. The number of halogens is 2. The van der Waals surface area contributed by atoms with Crippen molar-refractivity contribution in [2.75, 3.05) is 31.2 Å². The van der Waals surface area contributed by atoms with Crippen molar-refractivity contribution in [1.29, 1.82) is 0 Å². The second-order valence-corrected chi connectivity index (χ2v) is 12.5. The summed E-state index contributed by atoms with van der Waals surface area (Å²) in [7, 11) is 0. The van der Waals surface area contributed by atoms with Crippen LogP contribution in [0.15, 0.2) is 0 Å². The zero-order chi connectivity index (χ0) is 33.1. The van der Waals surface area contributed by atoms with Crippen LogP contribution in [0.5, 0.6) is 5.88 Å². The fourth-order valence-corrected chi connectivity index (χ4v) is 5.52. The van der Waals surface area contributed by atoms with E-state index in [4.69, 9.17) is 30.8 Å². The van der Waals surface area contributed by atoms with Crippen molar-refractivity contribution in [3.8, 4) is 5.88 Å².